The first-order valence-corrected chi connectivity index (χ1v) is 10.4. The highest BCUT2D eigenvalue weighted by atomic mass is 32.2. The van der Waals surface area contributed by atoms with Crippen molar-refractivity contribution in [3.8, 4) is 0 Å². The summed E-state index contributed by atoms with van der Waals surface area (Å²) in [7, 11) is -1.97. The maximum absolute atomic E-state index is 13.1. The van der Waals surface area contributed by atoms with Crippen LogP contribution in [0.5, 0.6) is 0 Å². The van der Waals surface area contributed by atoms with E-state index in [1.54, 1.807) is 30.4 Å². The number of nitrogens with zero attached hydrogens (tertiary/aromatic N) is 2. The van der Waals surface area contributed by atoms with Gasteiger partial charge < -0.3 is 0 Å². The molecule has 1 aliphatic heterocycles. The van der Waals surface area contributed by atoms with Crippen LogP contribution in [-0.4, -0.2) is 37.4 Å². The van der Waals surface area contributed by atoms with Crippen LogP contribution in [-0.2, 0) is 21.4 Å². The van der Waals surface area contributed by atoms with E-state index in [2.05, 4.69) is 9.71 Å². The van der Waals surface area contributed by atoms with E-state index in [0.29, 0.717) is 5.56 Å². The Bertz CT molecular complexity index is 1080. The van der Waals surface area contributed by atoms with Gasteiger partial charge in [0, 0.05) is 25.2 Å². The van der Waals surface area contributed by atoms with Crippen molar-refractivity contribution in [3.63, 3.8) is 0 Å². The molecule has 2 unspecified atom stereocenters. The van der Waals surface area contributed by atoms with Crippen molar-refractivity contribution in [2.75, 3.05) is 13.7 Å². The normalized spacial score (nSPS) is 20.6. The summed E-state index contributed by atoms with van der Waals surface area (Å²) in [6, 6.07) is 14.7. The van der Waals surface area contributed by atoms with Crippen LogP contribution >= 0.6 is 0 Å². The summed E-state index contributed by atoms with van der Waals surface area (Å²) in [4.78, 5) is 9.93. The van der Waals surface area contributed by atoms with E-state index in [-0.39, 0.29) is 19.0 Å². The zero-order chi connectivity index (χ0) is 19.7. The molecule has 28 heavy (non-hydrogen) atoms. The van der Waals surface area contributed by atoms with E-state index in [4.69, 9.17) is 4.84 Å². The predicted octanol–water partition coefficient (Wildman–Crippen LogP) is 2.78. The van der Waals surface area contributed by atoms with Gasteiger partial charge in [-0.1, -0.05) is 30.3 Å². The first-order valence-electron chi connectivity index (χ1n) is 8.88. The number of halogens is 1. The third kappa shape index (κ3) is 3.64. The van der Waals surface area contributed by atoms with E-state index in [9.17, 15) is 12.8 Å². The lowest BCUT2D eigenvalue weighted by Crippen LogP contribution is -2.39. The topological polar surface area (TPSA) is 71.5 Å². The Morgan fingerprint density at radius 2 is 1.93 bits per heavy atom. The van der Waals surface area contributed by atoms with Crippen molar-refractivity contribution in [1.29, 1.82) is 0 Å². The van der Waals surface area contributed by atoms with Gasteiger partial charge in [-0.05, 0) is 35.4 Å². The molecule has 0 amide bonds. The third-order valence-electron chi connectivity index (χ3n) is 4.98. The summed E-state index contributed by atoms with van der Waals surface area (Å²) in [6.45, 7) is 0.142. The molecule has 146 valence electrons. The smallest absolute Gasteiger partial charge is 0.219 e. The Labute approximate surface area is 163 Å². The second-order valence-corrected chi connectivity index (χ2v) is 8.72. The fourth-order valence-corrected chi connectivity index (χ4v) is 5.00. The number of hydrogen-bond acceptors (Lipinski definition) is 5. The molecule has 4 rings (SSSR count). The summed E-state index contributed by atoms with van der Waals surface area (Å²) in [5.74, 6) is -0.359. The minimum absolute atomic E-state index is 0.0522. The Morgan fingerprint density at radius 3 is 2.71 bits per heavy atom. The molecule has 0 aliphatic carbocycles. The van der Waals surface area contributed by atoms with Gasteiger partial charge in [0.15, 0.2) is 0 Å². The maximum Gasteiger partial charge on any atom is 0.219 e. The number of nitrogens with one attached hydrogen (secondary N) is 1. The number of pyridine rings is 1. The first kappa shape index (κ1) is 18.9. The highest BCUT2D eigenvalue weighted by Gasteiger charge is 2.43. The molecule has 0 radical (unpaired) electrons. The molecule has 2 atom stereocenters. The highest BCUT2D eigenvalue weighted by molar-refractivity contribution is 7.90. The fourth-order valence-electron chi connectivity index (χ4n) is 3.52. The van der Waals surface area contributed by atoms with Gasteiger partial charge in [0.05, 0.1) is 18.2 Å². The first-order chi connectivity index (χ1) is 13.5. The molecule has 3 aromatic rings. The summed E-state index contributed by atoms with van der Waals surface area (Å²) < 4.78 is 41.7. The SMILES string of the molecule is CN1OCC(S(=O)(=O)NCc2ccc(F)cc2)C1c1ccnc2ccccc12. The molecular weight excluding hydrogens is 381 g/mol. The number of hydroxylamine groups is 2. The lowest BCUT2D eigenvalue weighted by molar-refractivity contribution is -0.110. The largest absolute Gasteiger partial charge is 0.297 e. The molecule has 6 nitrogen and oxygen atoms in total. The molecule has 1 aromatic heterocycles. The maximum atomic E-state index is 13.1. The highest BCUT2D eigenvalue weighted by Crippen LogP contribution is 2.36. The Hall–Kier alpha value is -2.39. The molecule has 1 saturated heterocycles. The second-order valence-electron chi connectivity index (χ2n) is 6.74. The molecule has 0 spiro atoms. The van der Waals surface area contributed by atoms with Crippen LogP contribution in [0.15, 0.2) is 60.8 Å². The molecular formula is C20H20FN3O3S. The minimum atomic E-state index is -3.70. The third-order valence-corrected chi connectivity index (χ3v) is 6.71. The number of hydrogen-bond donors (Lipinski definition) is 1. The van der Waals surface area contributed by atoms with Gasteiger partial charge in [-0.3, -0.25) is 9.82 Å². The lowest BCUT2D eigenvalue weighted by Gasteiger charge is -2.24. The summed E-state index contributed by atoms with van der Waals surface area (Å²) in [5.41, 5.74) is 2.33. The Morgan fingerprint density at radius 1 is 1.18 bits per heavy atom. The van der Waals surface area contributed by atoms with Crippen LogP contribution in [0.2, 0.25) is 0 Å². The van der Waals surface area contributed by atoms with Crippen molar-refractivity contribution in [2.45, 2.75) is 17.8 Å². The number of sulfonamides is 1. The lowest BCUT2D eigenvalue weighted by atomic mass is 10.00. The van der Waals surface area contributed by atoms with Crippen LogP contribution < -0.4 is 4.72 Å². The zero-order valence-electron chi connectivity index (χ0n) is 15.2. The number of aromatic nitrogens is 1. The van der Waals surface area contributed by atoms with E-state index < -0.39 is 21.3 Å². The average molecular weight is 401 g/mol. The molecule has 1 aliphatic rings. The van der Waals surface area contributed by atoms with E-state index in [0.717, 1.165) is 16.5 Å². The van der Waals surface area contributed by atoms with Crippen molar-refractivity contribution in [1.82, 2.24) is 14.8 Å². The average Bonchev–Trinajstić information content (AvgIpc) is 3.09. The standard InChI is InChI=1S/C20H20FN3O3S/c1-24-20(17-10-11-22-18-5-3-2-4-16(17)18)19(13-27-24)28(25,26)23-12-14-6-8-15(21)9-7-14/h2-11,19-20,23H,12-13H2,1H3. The van der Waals surface area contributed by atoms with Crippen molar-refractivity contribution in [3.05, 3.63) is 77.7 Å². The molecule has 1 N–H and O–H groups in total. The molecule has 8 heteroatoms. The zero-order valence-corrected chi connectivity index (χ0v) is 16.1. The minimum Gasteiger partial charge on any atom is -0.297 e. The van der Waals surface area contributed by atoms with E-state index in [1.807, 2.05) is 30.3 Å². The molecule has 0 saturated carbocycles. The summed E-state index contributed by atoms with van der Waals surface area (Å²) in [6.07, 6.45) is 1.68. The number of rotatable bonds is 5. The van der Waals surface area contributed by atoms with Gasteiger partial charge in [0.25, 0.3) is 0 Å². The fraction of sp³-hybridized carbons (Fsp3) is 0.250. The number of fused-ring (bicyclic) bond motifs is 1. The van der Waals surface area contributed by atoms with Crippen molar-refractivity contribution in [2.24, 2.45) is 0 Å². The van der Waals surface area contributed by atoms with Crippen molar-refractivity contribution < 1.29 is 17.6 Å². The van der Waals surface area contributed by atoms with Crippen LogP contribution in [0, 0.1) is 5.82 Å². The van der Waals surface area contributed by atoms with Gasteiger partial charge in [-0.2, -0.15) is 5.06 Å². The monoisotopic (exact) mass is 401 g/mol. The summed E-state index contributed by atoms with van der Waals surface area (Å²) >= 11 is 0. The van der Waals surface area contributed by atoms with Crippen LogP contribution in [0.3, 0.4) is 0 Å². The molecule has 2 heterocycles. The summed E-state index contributed by atoms with van der Waals surface area (Å²) in [5, 5.41) is 1.69. The second kappa shape index (κ2) is 7.56. The Balaban J connectivity index is 1.63. The van der Waals surface area contributed by atoms with E-state index >= 15 is 0 Å². The number of benzene rings is 2. The van der Waals surface area contributed by atoms with Gasteiger partial charge in [0.1, 0.15) is 11.1 Å². The Kier molecular flexibility index (Phi) is 5.11. The van der Waals surface area contributed by atoms with Crippen LogP contribution in [0.4, 0.5) is 4.39 Å². The quantitative estimate of drug-likeness (QED) is 0.712. The predicted molar refractivity (Wildman–Crippen MR) is 104 cm³/mol. The molecule has 0 bridgehead atoms. The van der Waals surface area contributed by atoms with Gasteiger partial charge in [-0.15, -0.1) is 0 Å². The molecule has 2 aromatic carbocycles. The van der Waals surface area contributed by atoms with Crippen molar-refractivity contribution >= 4 is 20.9 Å². The number of para-hydroxylation sites is 1. The van der Waals surface area contributed by atoms with Gasteiger partial charge in [0.2, 0.25) is 10.0 Å². The van der Waals surface area contributed by atoms with Gasteiger partial charge in [-0.25, -0.2) is 17.5 Å². The van der Waals surface area contributed by atoms with Crippen LogP contribution in [0.25, 0.3) is 10.9 Å². The van der Waals surface area contributed by atoms with Gasteiger partial charge >= 0.3 is 0 Å². The van der Waals surface area contributed by atoms with E-state index in [1.165, 1.54) is 12.1 Å². The molecule has 1 fully saturated rings. The van der Waals surface area contributed by atoms with Crippen LogP contribution in [0.1, 0.15) is 17.2 Å².